The maximum atomic E-state index is 11.4. The maximum absolute atomic E-state index is 11.4. The molecule has 0 saturated carbocycles. The van der Waals surface area contributed by atoms with Crippen LogP contribution in [0.25, 0.3) is 0 Å². The smallest absolute Gasteiger partial charge is 0.243 e. The van der Waals surface area contributed by atoms with Crippen molar-refractivity contribution in [1.29, 1.82) is 0 Å². The zero-order valence-electron chi connectivity index (χ0n) is 7.27. The molecular formula is C6H12N4O2S. The van der Waals surface area contributed by atoms with Gasteiger partial charge in [-0.1, -0.05) is 0 Å². The molecule has 0 aromatic carbocycles. The van der Waals surface area contributed by atoms with Gasteiger partial charge in [-0.25, -0.2) is 13.1 Å². The van der Waals surface area contributed by atoms with Gasteiger partial charge in [0.05, 0.1) is 6.20 Å². The summed E-state index contributed by atoms with van der Waals surface area (Å²) in [4.78, 5) is 0.156. The molecule has 7 heteroatoms. The number of rotatable bonds is 4. The minimum Gasteiger partial charge on any atom is -0.329 e. The highest BCUT2D eigenvalue weighted by atomic mass is 32.2. The molecule has 1 rings (SSSR count). The number of aryl methyl sites for hydroxylation is 1. The van der Waals surface area contributed by atoms with E-state index in [9.17, 15) is 8.42 Å². The van der Waals surface area contributed by atoms with E-state index in [2.05, 4.69) is 9.82 Å². The van der Waals surface area contributed by atoms with Crippen LogP contribution < -0.4 is 10.5 Å². The first-order valence-corrected chi connectivity index (χ1v) is 5.23. The molecule has 0 aliphatic carbocycles. The summed E-state index contributed by atoms with van der Waals surface area (Å²) in [5.74, 6) is 0. The Morgan fingerprint density at radius 3 is 2.85 bits per heavy atom. The third-order valence-corrected chi connectivity index (χ3v) is 2.84. The van der Waals surface area contributed by atoms with Gasteiger partial charge in [0.2, 0.25) is 10.0 Å². The van der Waals surface area contributed by atoms with Crippen LogP contribution >= 0.6 is 0 Å². The zero-order valence-corrected chi connectivity index (χ0v) is 8.08. The summed E-state index contributed by atoms with van der Waals surface area (Å²) < 4.78 is 26.5. The third-order valence-electron chi connectivity index (χ3n) is 1.43. The van der Waals surface area contributed by atoms with Crippen LogP contribution in [-0.4, -0.2) is 31.3 Å². The fourth-order valence-electron chi connectivity index (χ4n) is 0.814. The molecule has 0 spiro atoms. The van der Waals surface area contributed by atoms with Crippen molar-refractivity contribution in [3.8, 4) is 0 Å². The topological polar surface area (TPSA) is 90.0 Å². The van der Waals surface area contributed by atoms with Gasteiger partial charge in [0.15, 0.2) is 0 Å². The summed E-state index contributed by atoms with van der Waals surface area (Å²) in [5.41, 5.74) is 5.17. The van der Waals surface area contributed by atoms with Crippen molar-refractivity contribution >= 4 is 10.0 Å². The van der Waals surface area contributed by atoms with E-state index in [0.717, 1.165) is 0 Å². The molecule has 6 nitrogen and oxygen atoms in total. The van der Waals surface area contributed by atoms with E-state index < -0.39 is 10.0 Å². The Morgan fingerprint density at radius 1 is 1.69 bits per heavy atom. The molecule has 1 aromatic rings. The Labute approximate surface area is 76.8 Å². The summed E-state index contributed by atoms with van der Waals surface area (Å²) >= 11 is 0. The molecule has 0 amide bonds. The Bertz CT molecular complexity index is 370. The molecule has 13 heavy (non-hydrogen) atoms. The average molecular weight is 204 g/mol. The van der Waals surface area contributed by atoms with Crippen molar-refractivity contribution in [2.75, 3.05) is 13.1 Å². The molecule has 74 valence electrons. The van der Waals surface area contributed by atoms with Crippen LogP contribution in [0.4, 0.5) is 0 Å². The molecule has 3 N–H and O–H groups in total. The fourth-order valence-corrected chi connectivity index (χ4v) is 1.84. The number of nitrogens with one attached hydrogen (secondary N) is 1. The number of sulfonamides is 1. The van der Waals surface area contributed by atoms with Gasteiger partial charge in [-0.15, -0.1) is 0 Å². The molecule has 1 aromatic heterocycles. The number of nitrogens with zero attached hydrogens (tertiary/aromatic N) is 2. The second-order valence-corrected chi connectivity index (χ2v) is 4.30. The van der Waals surface area contributed by atoms with Crippen LogP contribution in [0.1, 0.15) is 0 Å². The number of hydrogen-bond acceptors (Lipinski definition) is 4. The van der Waals surface area contributed by atoms with Crippen molar-refractivity contribution in [1.82, 2.24) is 14.5 Å². The maximum Gasteiger partial charge on any atom is 0.243 e. The van der Waals surface area contributed by atoms with Crippen LogP contribution in [-0.2, 0) is 17.1 Å². The Hall–Kier alpha value is -0.920. The molecule has 0 fully saturated rings. The van der Waals surface area contributed by atoms with Gasteiger partial charge in [0.25, 0.3) is 0 Å². The van der Waals surface area contributed by atoms with E-state index in [1.165, 1.54) is 17.1 Å². The highest BCUT2D eigenvalue weighted by Gasteiger charge is 2.14. The summed E-state index contributed by atoms with van der Waals surface area (Å²) in [6.45, 7) is 0.511. The van der Waals surface area contributed by atoms with Crippen molar-refractivity contribution in [3.05, 3.63) is 12.4 Å². The molecule has 0 atom stereocenters. The molecule has 0 radical (unpaired) electrons. The molecule has 0 aliphatic rings. The Morgan fingerprint density at radius 2 is 2.38 bits per heavy atom. The van der Waals surface area contributed by atoms with E-state index in [4.69, 9.17) is 5.73 Å². The lowest BCUT2D eigenvalue weighted by molar-refractivity contribution is 0.582. The van der Waals surface area contributed by atoms with E-state index in [-0.39, 0.29) is 18.0 Å². The highest BCUT2D eigenvalue weighted by Crippen LogP contribution is 2.04. The second kappa shape index (κ2) is 3.86. The minimum absolute atomic E-state index is 0.156. The monoisotopic (exact) mass is 204 g/mol. The highest BCUT2D eigenvalue weighted by molar-refractivity contribution is 7.89. The zero-order chi connectivity index (χ0) is 9.90. The normalized spacial score (nSPS) is 11.8. The van der Waals surface area contributed by atoms with Gasteiger partial charge >= 0.3 is 0 Å². The molecule has 0 unspecified atom stereocenters. The van der Waals surface area contributed by atoms with E-state index in [1.807, 2.05) is 0 Å². The van der Waals surface area contributed by atoms with E-state index >= 15 is 0 Å². The third kappa shape index (κ3) is 2.51. The molecule has 0 saturated heterocycles. The number of nitrogens with two attached hydrogens (primary N) is 1. The first-order valence-electron chi connectivity index (χ1n) is 3.74. The molecular weight excluding hydrogens is 192 g/mol. The summed E-state index contributed by atoms with van der Waals surface area (Å²) in [6, 6.07) is 0. The second-order valence-electron chi connectivity index (χ2n) is 2.54. The molecule has 0 aliphatic heterocycles. The fraction of sp³-hybridized carbons (Fsp3) is 0.500. The lowest BCUT2D eigenvalue weighted by atomic mass is 10.7. The summed E-state index contributed by atoms with van der Waals surface area (Å²) in [5, 5.41) is 3.76. The standard InChI is InChI=1S/C6H12N4O2S/c1-10-5-6(4-8-10)13(11,12)9-3-2-7/h4-5,9H,2-3,7H2,1H3. The molecule has 1 heterocycles. The van der Waals surface area contributed by atoms with E-state index in [0.29, 0.717) is 0 Å². The van der Waals surface area contributed by atoms with Gasteiger partial charge in [0, 0.05) is 26.3 Å². The largest absolute Gasteiger partial charge is 0.329 e. The predicted octanol–water partition coefficient (Wildman–Crippen LogP) is -1.34. The van der Waals surface area contributed by atoms with Crippen molar-refractivity contribution in [2.45, 2.75) is 4.90 Å². The van der Waals surface area contributed by atoms with Crippen LogP contribution in [0.5, 0.6) is 0 Å². The van der Waals surface area contributed by atoms with Crippen molar-refractivity contribution in [2.24, 2.45) is 12.8 Å². The van der Waals surface area contributed by atoms with Gasteiger partial charge in [0.1, 0.15) is 4.90 Å². The van der Waals surface area contributed by atoms with Crippen molar-refractivity contribution < 1.29 is 8.42 Å². The van der Waals surface area contributed by atoms with Crippen LogP contribution in [0.3, 0.4) is 0 Å². The Kier molecular flexibility index (Phi) is 3.02. The summed E-state index contributed by atoms with van der Waals surface area (Å²) in [7, 11) is -1.76. The predicted molar refractivity (Wildman–Crippen MR) is 47.5 cm³/mol. The van der Waals surface area contributed by atoms with Crippen LogP contribution in [0.15, 0.2) is 17.3 Å². The molecule has 0 bridgehead atoms. The summed E-state index contributed by atoms with van der Waals surface area (Å²) in [6.07, 6.45) is 2.72. The number of aromatic nitrogens is 2. The SMILES string of the molecule is Cn1cc(S(=O)(=O)NCCN)cn1. The van der Waals surface area contributed by atoms with E-state index in [1.54, 1.807) is 7.05 Å². The lowest BCUT2D eigenvalue weighted by Crippen LogP contribution is -2.28. The quantitative estimate of drug-likeness (QED) is 0.635. The first-order chi connectivity index (χ1) is 6.06. The first kappa shape index (κ1) is 10.2. The van der Waals surface area contributed by atoms with Gasteiger partial charge in [-0.05, 0) is 0 Å². The van der Waals surface area contributed by atoms with Gasteiger partial charge in [-0.2, -0.15) is 5.10 Å². The van der Waals surface area contributed by atoms with Crippen LogP contribution in [0.2, 0.25) is 0 Å². The lowest BCUT2D eigenvalue weighted by Gasteiger charge is -2.01. The van der Waals surface area contributed by atoms with Crippen LogP contribution in [0, 0.1) is 0 Å². The minimum atomic E-state index is -3.41. The average Bonchev–Trinajstić information content (AvgIpc) is 2.49. The van der Waals surface area contributed by atoms with Crippen molar-refractivity contribution in [3.63, 3.8) is 0 Å². The van der Waals surface area contributed by atoms with Gasteiger partial charge < -0.3 is 5.73 Å². The Balaban J connectivity index is 2.82. The van der Waals surface area contributed by atoms with Gasteiger partial charge in [-0.3, -0.25) is 4.68 Å². The number of hydrogen-bond donors (Lipinski definition) is 2.